The van der Waals surface area contributed by atoms with Crippen molar-refractivity contribution in [2.24, 2.45) is 5.73 Å². The minimum absolute atomic E-state index is 0.0105. The molecule has 244 valence electrons. The number of benzene rings is 1. The molecule has 0 amide bonds. The minimum Gasteiger partial charge on any atom is -0.458 e. The van der Waals surface area contributed by atoms with Crippen LogP contribution in [0, 0.1) is 0 Å². The summed E-state index contributed by atoms with van der Waals surface area (Å²) in [6.07, 6.45) is -1.68. The maximum absolute atomic E-state index is 12.7. The van der Waals surface area contributed by atoms with Crippen molar-refractivity contribution in [1.29, 1.82) is 0 Å². The average Bonchev–Trinajstić information content (AvgIpc) is 2.89. The fourth-order valence-corrected chi connectivity index (χ4v) is 3.60. The average molecular weight is 612 g/mol. The lowest BCUT2D eigenvalue weighted by Crippen LogP contribution is -2.40. The van der Waals surface area contributed by atoms with Gasteiger partial charge in [-0.2, -0.15) is 0 Å². The molecule has 0 spiro atoms. The van der Waals surface area contributed by atoms with E-state index in [0.717, 1.165) is 12.8 Å². The van der Waals surface area contributed by atoms with Gasteiger partial charge in [-0.1, -0.05) is 39.7 Å². The van der Waals surface area contributed by atoms with E-state index in [1.165, 1.54) is 12.1 Å². The lowest BCUT2D eigenvalue weighted by Gasteiger charge is -2.26. The van der Waals surface area contributed by atoms with Gasteiger partial charge in [-0.3, -0.25) is 4.79 Å². The predicted octanol–water partition coefficient (Wildman–Crippen LogP) is 6.63. The van der Waals surface area contributed by atoms with E-state index < -0.39 is 48.3 Å². The van der Waals surface area contributed by atoms with Gasteiger partial charge in [0.15, 0.2) is 11.5 Å². The van der Waals surface area contributed by atoms with Gasteiger partial charge in [0.2, 0.25) is 0 Å². The van der Waals surface area contributed by atoms with Crippen LogP contribution in [0.1, 0.15) is 100.0 Å². The number of hydrogen-bond acceptors (Lipinski definition) is 12. The number of ether oxygens (including phenoxy) is 7. The van der Waals surface area contributed by atoms with Gasteiger partial charge in [0.25, 0.3) is 0 Å². The van der Waals surface area contributed by atoms with Crippen LogP contribution in [0.3, 0.4) is 0 Å². The highest BCUT2D eigenvalue weighted by Gasteiger charge is 2.28. The second kappa shape index (κ2) is 18.2. The number of carbonyl (C=O) groups is 4. The molecule has 0 bridgehead atoms. The van der Waals surface area contributed by atoms with Crippen molar-refractivity contribution in [2.75, 3.05) is 0 Å². The number of rotatable bonds is 16. The van der Waals surface area contributed by atoms with Crippen LogP contribution in [-0.4, -0.2) is 60.5 Å². The van der Waals surface area contributed by atoms with Crippen LogP contribution >= 0.6 is 0 Å². The van der Waals surface area contributed by atoms with Crippen molar-refractivity contribution in [3.63, 3.8) is 0 Å². The number of esters is 1. The first-order valence-corrected chi connectivity index (χ1v) is 14.9. The van der Waals surface area contributed by atoms with Crippen LogP contribution in [0.5, 0.6) is 11.5 Å². The van der Waals surface area contributed by atoms with Crippen molar-refractivity contribution in [1.82, 2.24) is 0 Å². The topological polar surface area (TPSA) is 159 Å². The molecule has 12 nitrogen and oxygen atoms in total. The summed E-state index contributed by atoms with van der Waals surface area (Å²) in [4.78, 5) is 49.6. The van der Waals surface area contributed by atoms with Gasteiger partial charge in [-0.15, -0.1) is 0 Å². The Balaban J connectivity index is 2.96. The van der Waals surface area contributed by atoms with Crippen LogP contribution in [0.2, 0.25) is 0 Å². The number of nitrogens with two attached hydrogens (primary N) is 1. The molecule has 43 heavy (non-hydrogen) atoms. The molecule has 2 N–H and O–H groups in total. The van der Waals surface area contributed by atoms with Crippen molar-refractivity contribution >= 4 is 24.4 Å². The fourth-order valence-electron chi connectivity index (χ4n) is 3.60. The molecule has 0 radical (unpaired) electrons. The minimum atomic E-state index is -1.11. The Morgan fingerprint density at radius 3 is 1.77 bits per heavy atom. The Kier molecular flexibility index (Phi) is 15.9. The zero-order valence-electron chi connectivity index (χ0n) is 26.9. The normalized spacial score (nSPS) is 14.7. The van der Waals surface area contributed by atoms with Crippen LogP contribution in [-0.2, 0) is 34.9 Å². The highest BCUT2D eigenvalue weighted by Crippen LogP contribution is 2.30. The molecule has 1 aromatic rings. The first kappa shape index (κ1) is 37.5. The highest BCUT2D eigenvalue weighted by molar-refractivity contribution is 5.76. The van der Waals surface area contributed by atoms with Gasteiger partial charge < -0.3 is 38.9 Å². The van der Waals surface area contributed by atoms with E-state index >= 15 is 0 Å². The quantitative estimate of drug-likeness (QED) is 0.121. The van der Waals surface area contributed by atoms with Crippen molar-refractivity contribution in [2.45, 2.75) is 137 Å². The Morgan fingerprint density at radius 1 is 0.744 bits per heavy atom. The molecule has 3 unspecified atom stereocenters. The third-order valence-electron chi connectivity index (χ3n) is 6.59. The fraction of sp³-hybridized carbons (Fsp3) is 0.677. The molecule has 0 heterocycles. The first-order chi connectivity index (χ1) is 20.1. The lowest BCUT2D eigenvalue weighted by molar-refractivity contribution is -0.156. The summed E-state index contributed by atoms with van der Waals surface area (Å²) in [6, 6.07) is 3.26. The summed E-state index contributed by atoms with van der Waals surface area (Å²) >= 11 is 0. The van der Waals surface area contributed by atoms with Gasteiger partial charge in [-0.05, 0) is 84.9 Å². The third-order valence-corrected chi connectivity index (χ3v) is 6.59. The van der Waals surface area contributed by atoms with Crippen molar-refractivity contribution < 1.29 is 52.3 Å². The zero-order chi connectivity index (χ0) is 32.7. The molecule has 0 aliphatic carbocycles. The molecule has 0 aromatic heterocycles. The van der Waals surface area contributed by atoms with Gasteiger partial charge in [-0.25, -0.2) is 14.4 Å². The third kappa shape index (κ3) is 14.5. The predicted molar refractivity (Wildman–Crippen MR) is 158 cm³/mol. The van der Waals surface area contributed by atoms with Gasteiger partial charge >= 0.3 is 24.4 Å². The largest absolute Gasteiger partial charge is 0.514 e. The second-order valence-corrected chi connectivity index (χ2v) is 11.2. The van der Waals surface area contributed by atoms with Crippen LogP contribution in [0.15, 0.2) is 18.2 Å². The molecular formula is C31H49NO11. The Hall–Kier alpha value is -3.54. The molecule has 0 aliphatic rings. The molecule has 5 atom stereocenters. The van der Waals surface area contributed by atoms with E-state index in [9.17, 15) is 19.2 Å². The summed E-state index contributed by atoms with van der Waals surface area (Å²) in [5, 5.41) is 0. The number of carbonyl (C=O) groups excluding carboxylic acids is 4. The summed E-state index contributed by atoms with van der Waals surface area (Å²) in [7, 11) is 0. The maximum atomic E-state index is 12.7. The van der Waals surface area contributed by atoms with Crippen molar-refractivity contribution in [3.05, 3.63) is 23.8 Å². The van der Waals surface area contributed by atoms with E-state index in [1.807, 2.05) is 20.8 Å². The highest BCUT2D eigenvalue weighted by atomic mass is 16.8. The van der Waals surface area contributed by atoms with Crippen LogP contribution in [0.4, 0.5) is 14.4 Å². The standard InChI is InChI=1S/C31H49NO11/c1-10-13-19(4)37-28(34)41-25-16-15-23(18-26(25)42-29(35)38-20(5)14-11-2)17-24(32)27(33)39-21(6)22(7)40-30(36)43-31(8,9)12-3/h15-16,18-22,24H,10-14,17,32H2,1-9H3/t19-,20?,21?,22?,24-/m0/s1. The summed E-state index contributed by atoms with van der Waals surface area (Å²) in [5.41, 5.74) is 5.90. The summed E-state index contributed by atoms with van der Waals surface area (Å²) in [6.45, 7) is 15.9. The smallest absolute Gasteiger partial charge is 0.458 e. The summed E-state index contributed by atoms with van der Waals surface area (Å²) < 4.78 is 37.1. The molecule has 1 rings (SSSR count). The Labute approximate surface area is 254 Å². The monoisotopic (exact) mass is 611 g/mol. The molecule has 0 fully saturated rings. The SMILES string of the molecule is CCCC(C)OC(=O)Oc1cc(C[C@H](N)C(=O)OC(C)C(C)OC(=O)OC(C)(C)CC)ccc1OC(=O)O[C@@H](C)CCC. The van der Waals surface area contributed by atoms with Gasteiger partial charge in [0.1, 0.15) is 36.1 Å². The summed E-state index contributed by atoms with van der Waals surface area (Å²) in [5.74, 6) is -0.934. The van der Waals surface area contributed by atoms with E-state index in [0.29, 0.717) is 24.8 Å². The molecule has 12 heteroatoms. The maximum Gasteiger partial charge on any atom is 0.514 e. The molecule has 0 aliphatic heterocycles. The van der Waals surface area contributed by atoms with Gasteiger partial charge in [0, 0.05) is 0 Å². The first-order valence-electron chi connectivity index (χ1n) is 14.9. The lowest BCUT2D eigenvalue weighted by atomic mass is 10.1. The van der Waals surface area contributed by atoms with E-state index in [2.05, 4.69) is 0 Å². The molecular weight excluding hydrogens is 562 g/mol. The van der Waals surface area contributed by atoms with E-state index in [1.54, 1.807) is 47.6 Å². The molecule has 0 saturated carbocycles. The Morgan fingerprint density at radius 2 is 1.26 bits per heavy atom. The second-order valence-electron chi connectivity index (χ2n) is 11.2. The van der Waals surface area contributed by atoms with E-state index in [4.69, 9.17) is 38.9 Å². The molecule has 0 saturated heterocycles. The number of hydrogen-bond donors (Lipinski definition) is 1. The van der Waals surface area contributed by atoms with E-state index in [-0.39, 0.29) is 30.1 Å². The zero-order valence-corrected chi connectivity index (χ0v) is 26.9. The molecule has 1 aromatic carbocycles. The van der Waals surface area contributed by atoms with Crippen LogP contribution < -0.4 is 15.2 Å². The van der Waals surface area contributed by atoms with Gasteiger partial charge in [0.05, 0.1) is 0 Å². The van der Waals surface area contributed by atoms with Crippen molar-refractivity contribution in [3.8, 4) is 11.5 Å². The van der Waals surface area contributed by atoms with Crippen LogP contribution in [0.25, 0.3) is 0 Å². The Bertz CT molecular complexity index is 1060.